The summed E-state index contributed by atoms with van der Waals surface area (Å²) in [4.78, 5) is 45.9. The molecule has 0 spiro atoms. The van der Waals surface area contributed by atoms with Gasteiger partial charge in [-0.15, -0.1) is 11.8 Å². The lowest BCUT2D eigenvalue weighted by Crippen LogP contribution is -2.38. The second-order valence-electron chi connectivity index (χ2n) is 13.0. The summed E-state index contributed by atoms with van der Waals surface area (Å²) in [6, 6.07) is 35.4. The highest BCUT2D eigenvalue weighted by Crippen LogP contribution is 2.38. The molecule has 4 aromatic carbocycles. The number of carbonyl (C=O) groups is 2. The number of nitrogens with one attached hydrogen (secondary N) is 3. The Bertz CT molecular complexity index is 2100. The van der Waals surface area contributed by atoms with Crippen LogP contribution in [0.25, 0.3) is 33.6 Å². The van der Waals surface area contributed by atoms with Crippen LogP contribution in [0.2, 0.25) is 0 Å². The van der Waals surface area contributed by atoms with Crippen LogP contribution in [-0.4, -0.2) is 68.1 Å². The summed E-state index contributed by atoms with van der Waals surface area (Å²) < 4.78 is 5.60. The first-order valence-corrected chi connectivity index (χ1v) is 18.3. The van der Waals surface area contributed by atoms with Crippen molar-refractivity contribution in [3.8, 4) is 33.6 Å². The third kappa shape index (κ3) is 7.80. The number of carbonyl (C=O) groups excluding carboxylic acids is 2. The first kappa shape index (κ1) is 34.8. The summed E-state index contributed by atoms with van der Waals surface area (Å²) in [6.07, 6.45) is 3.29. The van der Waals surface area contributed by atoms with Crippen molar-refractivity contribution in [1.29, 1.82) is 0 Å². The Hall–Kier alpha value is -5.65. The lowest BCUT2D eigenvalue weighted by molar-refractivity contribution is -0.126. The molecule has 2 amide bonds. The molecule has 1 aliphatic rings. The van der Waals surface area contributed by atoms with Gasteiger partial charge in [-0.25, -0.2) is 14.8 Å². The van der Waals surface area contributed by atoms with Crippen molar-refractivity contribution >= 4 is 23.8 Å². The molecule has 3 heterocycles. The van der Waals surface area contributed by atoms with Gasteiger partial charge in [0.2, 0.25) is 5.91 Å². The van der Waals surface area contributed by atoms with E-state index < -0.39 is 6.04 Å². The SMILES string of the molecule is C[C@H](NC(=O)[C@@H](c1ccccc1)N(C)C)c1ncc(-c2ccc(-c3ccc(-c4cnc([C@@H]5SCCN5C(=O)OCc5ccccc5)[nH]4)cc3)cc2)[nH]1. The van der Waals surface area contributed by atoms with Crippen LogP contribution in [0.15, 0.2) is 122 Å². The second kappa shape index (κ2) is 15.7. The molecule has 1 saturated heterocycles. The highest BCUT2D eigenvalue weighted by atomic mass is 32.2. The first-order chi connectivity index (χ1) is 25.3. The van der Waals surface area contributed by atoms with E-state index in [0.717, 1.165) is 56.3 Å². The second-order valence-corrected chi connectivity index (χ2v) is 14.2. The van der Waals surface area contributed by atoms with Crippen LogP contribution in [0.1, 0.15) is 47.2 Å². The van der Waals surface area contributed by atoms with Crippen LogP contribution in [0.3, 0.4) is 0 Å². The Morgan fingerprint density at radius 3 is 2.04 bits per heavy atom. The number of H-pyrrole nitrogens is 2. The van der Waals surface area contributed by atoms with Crippen molar-refractivity contribution in [2.45, 2.75) is 31.0 Å². The summed E-state index contributed by atoms with van der Waals surface area (Å²) in [5.41, 5.74) is 7.84. The van der Waals surface area contributed by atoms with E-state index in [4.69, 9.17) is 4.74 Å². The Morgan fingerprint density at radius 1 is 0.827 bits per heavy atom. The Kier molecular flexibility index (Phi) is 10.5. The van der Waals surface area contributed by atoms with Gasteiger partial charge in [-0.3, -0.25) is 14.6 Å². The molecule has 3 atom stereocenters. The van der Waals surface area contributed by atoms with Crippen molar-refractivity contribution in [1.82, 2.24) is 35.1 Å². The predicted octanol–water partition coefficient (Wildman–Crippen LogP) is 8.00. The standard InChI is InChI=1S/C41H41N7O3S/c1-27(44-39(49)36(47(2)3)33-12-8-5-9-13-33)37-42-24-34(45-37)31-18-14-29(15-19-31)30-16-20-32(21-17-30)35-25-43-38(46-35)40-48(22-23-52-40)41(50)51-26-28-10-6-4-7-11-28/h4-21,24-25,27,36,40H,22-23,26H2,1-3H3,(H,42,45)(H,43,46)(H,44,49)/t27-,36+,40-/m0/s1. The highest BCUT2D eigenvalue weighted by molar-refractivity contribution is 7.99. The number of nitrogens with zero attached hydrogens (tertiary/aromatic N) is 4. The number of benzene rings is 4. The number of hydrogen-bond acceptors (Lipinski definition) is 7. The van der Waals surface area contributed by atoms with Crippen LogP contribution in [0.5, 0.6) is 0 Å². The lowest BCUT2D eigenvalue weighted by Gasteiger charge is -2.25. The van der Waals surface area contributed by atoms with Crippen LogP contribution >= 0.6 is 11.8 Å². The molecule has 6 aromatic rings. The maximum Gasteiger partial charge on any atom is 0.411 e. The zero-order valence-corrected chi connectivity index (χ0v) is 30.1. The van der Waals surface area contributed by atoms with Crippen LogP contribution in [0, 0.1) is 0 Å². The quantitative estimate of drug-likeness (QED) is 0.125. The zero-order chi connectivity index (χ0) is 36.0. The number of rotatable bonds is 11. The fraction of sp³-hybridized carbons (Fsp3) is 0.220. The maximum atomic E-state index is 13.3. The molecule has 0 unspecified atom stereocenters. The van der Waals surface area contributed by atoms with Gasteiger partial charge in [0.1, 0.15) is 29.7 Å². The normalized spacial score (nSPS) is 15.4. The lowest BCUT2D eigenvalue weighted by atomic mass is 10.0. The first-order valence-electron chi connectivity index (χ1n) is 17.3. The van der Waals surface area contributed by atoms with Gasteiger partial charge in [0.05, 0.1) is 29.8 Å². The van der Waals surface area contributed by atoms with E-state index in [9.17, 15) is 9.59 Å². The van der Waals surface area contributed by atoms with Crippen molar-refractivity contribution in [2.75, 3.05) is 26.4 Å². The van der Waals surface area contributed by atoms with Gasteiger partial charge in [-0.05, 0) is 54.4 Å². The van der Waals surface area contributed by atoms with Gasteiger partial charge in [0, 0.05) is 12.3 Å². The van der Waals surface area contributed by atoms with E-state index in [0.29, 0.717) is 12.4 Å². The van der Waals surface area contributed by atoms with Gasteiger partial charge < -0.3 is 20.0 Å². The number of hydrogen-bond donors (Lipinski definition) is 3. The predicted molar refractivity (Wildman–Crippen MR) is 205 cm³/mol. The molecule has 1 fully saturated rings. The Morgan fingerprint density at radius 2 is 1.40 bits per heavy atom. The van der Waals surface area contributed by atoms with E-state index in [1.807, 2.05) is 92.8 Å². The molecule has 2 aromatic heterocycles. The van der Waals surface area contributed by atoms with Crippen molar-refractivity contribution in [3.05, 3.63) is 144 Å². The van der Waals surface area contributed by atoms with Crippen LogP contribution < -0.4 is 5.32 Å². The van der Waals surface area contributed by atoms with Gasteiger partial charge >= 0.3 is 6.09 Å². The third-order valence-corrected chi connectivity index (χ3v) is 10.3. The van der Waals surface area contributed by atoms with E-state index in [-0.39, 0.29) is 30.0 Å². The van der Waals surface area contributed by atoms with Crippen molar-refractivity contribution in [2.24, 2.45) is 0 Å². The van der Waals surface area contributed by atoms with Gasteiger partial charge in [-0.1, -0.05) is 109 Å². The van der Waals surface area contributed by atoms with Crippen LogP contribution in [-0.2, 0) is 16.1 Å². The monoisotopic (exact) mass is 711 g/mol. The summed E-state index contributed by atoms with van der Waals surface area (Å²) in [7, 11) is 3.80. The van der Waals surface area contributed by atoms with E-state index in [2.05, 4.69) is 73.8 Å². The number of aromatic nitrogens is 4. The highest BCUT2D eigenvalue weighted by Gasteiger charge is 2.34. The molecule has 264 valence electrons. The smallest absolute Gasteiger partial charge is 0.411 e. The molecule has 0 aliphatic carbocycles. The summed E-state index contributed by atoms with van der Waals surface area (Å²) in [5, 5.41) is 2.89. The number of ether oxygens (including phenoxy) is 1. The third-order valence-electron chi connectivity index (χ3n) is 9.13. The van der Waals surface area contributed by atoms with Crippen molar-refractivity contribution in [3.63, 3.8) is 0 Å². The molecule has 0 bridgehead atoms. The minimum atomic E-state index is -0.401. The Balaban J connectivity index is 0.965. The average molecular weight is 712 g/mol. The number of likely N-dealkylation sites (N-methyl/N-ethyl adjacent to an activating group) is 1. The molecule has 3 N–H and O–H groups in total. The summed E-state index contributed by atoms with van der Waals surface area (Å²) >= 11 is 1.67. The molecule has 10 nitrogen and oxygen atoms in total. The largest absolute Gasteiger partial charge is 0.445 e. The fourth-order valence-electron chi connectivity index (χ4n) is 6.36. The summed E-state index contributed by atoms with van der Waals surface area (Å²) in [6.45, 7) is 2.78. The minimum absolute atomic E-state index is 0.0822. The van der Waals surface area contributed by atoms with Gasteiger partial charge in [0.25, 0.3) is 0 Å². The van der Waals surface area contributed by atoms with Crippen LogP contribution in [0.4, 0.5) is 4.79 Å². The fourth-order valence-corrected chi connectivity index (χ4v) is 7.54. The molecule has 0 saturated carbocycles. The van der Waals surface area contributed by atoms with Crippen molar-refractivity contribution < 1.29 is 14.3 Å². The Labute approximate surface area is 307 Å². The van der Waals surface area contributed by atoms with E-state index in [1.165, 1.54) is 0 Å². The molecular formula is C41H41N7O3S. The molecule has 0 radical (unpaired) electrons. The summed E-state index contributed by atoms with van der Waals surface area (Å²) in [5.74, 6) is 2.16. The molecule has 7 rings (SSSR count). The molecule has 11 heteroatoms. The number of amides is 2. The number of imidazole rings is 2. The molecular weight excluding hydrogens is 671 g/mol. The average Bonchev–Trinajstić information content (AvgIpc) is 3.97. The minimum Gasteiger partial charge on any atom is -0.445 e. The maximum absolute atomic E-state index is 13.3. The van der Waals surface area contributed by atoms with Gasteiger partial charge in [0.15, 0.2) is 0 Å². The van der Waals surface area contributed by atoms with E-state index >= 15 is 0 Å². The van der Waals surface area contributed by atoms with Gasteiger partial charge in [-0.2, -0.15) is 0 Å². The van der Waals surface area contributed by atoms with E-state index in [1.54, 1.807) is 22.9 Å². The molecule has 1 aliphatic heterocycles. The topological polar surface area (TPSA) is 119 Å². The zero-order valence-electron chi connectivity index (χ0n) is 29.3. The molecule has 52 heavy (non-hydrogen) atoms. The number of thioether (sulfide) groups is 1. The number of aromatic amines is 2.